The van der Waals surface area contributed by atoms with Gasteiger partial charge in [0, 0.05) is 29.9 Å². The summed E-state index contributed by atoms with van der Waals surface area (Å²) in [5.41, 5.74) is 0.739. The first-order valence-electron chi connectivity index (χ1n) is 4.08. The molecule has 0 fully saturated rings. The van der Waals surface area contributed by atoms with Crippen molar-refractivity contribution in [2.75, 3.05) is 5.75 Å². The molecule has 0 unspecified atom stereocenters. The third-order valence-corrected chi connectivity index (χ3v) is 1.75. The highest BCUT2D eigenvalue weighted by Gasteiger charge is 2.03. The van der Waals surface area contributed by atoms with Crippen LogP contribution in [0.3, 0.4) is 0 Å². The predicted octanol–water partition coefficient (Wildman–Crippen LogP) is 2.27. The van der Waals surface area contributed by atoms with E-state index >= 15 is 0 Å². The summed E-state index contributed by atoms with van der Waals surface area (Å²) < 4.78 is 0. The lowest BCUT2D eigenvalue weighted by Crippen LogP contribution is -1.87. The predicted molar refractivity (Wildman–Crippen MR) is 58.4 cm³/mol. The molecule has 0 amide bonds. The lowest BCUT2D eigenvalue weighted by atomic mass is 10.2. The van der Waals surface area contributed by atoms with Gasteiger partial charge in [0.15, 0.2) is 0 Å². The maximum atomic E-state index is 10.4. The quantitative estimate of drug-likeness (QED) is 0.350. The number of rotatable bonds is 2. The van der Waals surface area contributed by atoms with Crippen LogP contribution in [0.1, 0.15) is 12.0 Å². The summed E-state index contributed by atoms with van der Waals surface area (Å²) in [6.07, 6.45) is 0.686. The molecule has 0 atom stereocenters. The van der Waals surface area contributed by atoms with Crippen molar-refractivity contribution in [3.05, 3.63) is 39.9 Å². The molecule has 0 saturated heterocycles. The van der Waals surface area contributed by atoms with Crippen molar-refractivity contribution in [1.82, 2.24) is 0 Å². The number of hydrogen-bond donors (Lipinski definition) is 1. The van der Waals surface area contributed by atoms with E-state index in [1.807, 2.05) is 0 Å². The lowest BCUT2D eigenvalue weighted by molar-refractivity contribution is -0.384. The molecule has 0 aliphatic heterocycles. The average Bonchev–Trinajstić information content (AvgIpc) is 2.19. The molecule has 72 valence electrons. The molecule has 0 aliphatic carbocycles. The first-order valence-corrected chi connectivity index (χ1v) is 4.71. The van der Waals surface area contributed by atoms with Gasteiger partial charge in [-0.15, -0.1) is 0 Å². The Hall–Kier alpha value is -1.47. The van der Waals surface area contributed by atoms with Gasteiger partial charge in [0.05, 0.1) is 4.92 Å². The summed E-state index contributed by atoms with van der Waals surface area (Å²) in [7, 11) is 0. The van der Waals surface area contributed by atoms with Crippen molar-refractivity contribution in [2.45, 2.75) is 6.42 Å². The third kappa shape index (κ3) is 3.11. The highest BCUT2D eigenvalue weighted by atomic mass is 32.1. The molecule has 0 saturated carbocycles. The molecule has 1 aromatic rings. The number of hydrogen-bond acceptors (Lipinski definition) is 3. The van der Waals surface area contributed by atoms with E-state index in [4.69, 9.17) is 0 Å². The molecule has 0 spiro atoms. The van der Waals surface area contributed by atoms with Gasteiger partial charge in [-0.1, -0.05) is 17.9 Å². The molecule has 0 N–H and O–H groups in total. The third-order valence-electron chi connectivity index (χ3n) is 1.53. The zero-order chi connectivity index (χ0) is 10.4. The summed E-state index contributed by atoms with van der Waals surface area (Å²) in [6.45, 7) is 0. The Morgan fingerprint density at radius 2 is 2.29 bits per heavy atom. The Kier molecular flexibility index (Phi) is 4.02. The number of nitrogens with zero attached hydrogens (tertiary/aromatic N) is 1. The van der Waals surface area contributed by atoms with Crippen LogP contribution in [0.5, 0.6) is 0 Å². The molecule has 0 heterocycles. The van der Waals surface area contributed by atoms with Gasteiger partial charge in [0.1, 0.15) is 0 Å². The Labute approximate surface area is 87.7 Å². The van der Waals surface area contributed by atoms with Gasteiger partial charge in [0.25, 0.3) is 5.69 Å². The molecule has 4 heteroatoms. The Morgan fingerprint density at radius 1 is 1.50 bits per heavy atom. The SMILES string of the molecule is O=[N+]([O-])c1cccc(C#CCCS)c1. The van der Waals surface area contributed by atoms with Crippen LogP contribution in [0.15, 0.2) is 24.3 Å². The van der Waals surface area contributed by atoms with Gasteiger partial charge in [0.2, 0.25) is 0 Å². The first-order chi connectivity index (χ1) is 6.74. The van der Waals surface area contributed by atoms with Gasteiger partial charge in [-0.2, -0.15) is 12.6 Å². The number of nitro benzene ring substituents is 1. The molecule has 14 heavy (non-hydrogen) atoms. The molecule has 0 radical (unpaired) electrons. The molecule has 0 bridgehead atoms. The van der Waals surface area contributed by atoms with Crippen LogP contribution in [0.25, 0.3) is 0 Å². The van der Waals surface area contributed by atoms with Crippen LogP contribution in [-0.2, 0) is 0 Å². The van der Waals surface area contributed by atoms with E-state index in [9.17, 15) is 10.1 Å². The van der Waals surface area contributed by atoms with E-state index in [1.165, 1.54) is 12.1 Å². The van der Waals surface area contributed by atoms with Crippen molar-refractivity contribution < 1.29 is 4.92 Å². The van der Waals surface area contributed by atoms with E-state index in [-0.39, 0.29) is 5.69 Å². The molecular weight excluding hydrogens is 198 g/mol. The van der Waals surface area contributed by atoms with E-state index in [0.717, 1.165) is 0 Å². The fourth-order valence-corrected chi connectivity index (χ4v) is 1.03. The summed E-state index contributed by atoms with van der Waals surface area (Å²) >= 11 is 4.01. The number of thiol groups is 1. The molecule has 1 rings (SSSR count). The van der Waals surface area contributed by atoms with Crippen molar-refractivity contribution in [3.63, 3.8) is 0 Å². The van der Waals surface area contributed by atoms with Gasteiger partial charge < -0.3 is 0 Å². The van der Waals surface area contributed by atoms with Gasteiger partial charge in [-0.25, -0.2) is 0 Å². The van der Waals surface area contributed by atoms with Crippen molar-refractivity contribution >= 4 is 18.3 Å². The van der Waals surface area contributed by atoms with E-state index in [2.05, 4.69) is 24.5 Å². The second-order valence-corrected chi connectivity index (χ2v) is 3.03. The average molecular weight is 207 g/mol. The van der Waals surface area contributed by atoms with Crippen LogP contribution in [0.2, 0.25) is 0 Å². The van der Waals surface area contributed by atoms with Gasteiger partial charge in [-0.05, 0) is 6.07 Å². The van der Waals surface area contributed by atoms with Gasteiger partial charge in [-0.3, -0.25) is 10.1 Å². The maximum Gasteiger partial charge on any atom is 0.270 e. The van der Waals surface area contributed by atoms with Crippen LogP contribution in [0, 0.1) is 22.0 Å². The van der Waals surface area contributed by atoms with Crippen LogP contribution in [-0.4, -0.2) is 10.7 Å². The maximum absolute atomic E-state index is 10.4. The van der Waals surface area contributed by atoms with Gasteiger partial charge >= 0.3 is 0 Å². The topological polar surface area (TPSA) is 43.1 Å². The fourth-order valence-electron chi connectivity index (χ4n) is 0.918. The summed E-state index contributed by atoms with van der Waals surface area (Å²) in [6, 6.07) is 6.29. The number of non-ortho nitro benzene ring substituents is 1. The van der Waals surface area contributed by atoms with Crippen LogP contribution >= 0.6 is 12.6 Å². The standard InChI is InChI=1S/C10H9NO2S/c12-11(13)10-6-3-5-9(8-10)4-1-2-7-14/h3,5-6,8,14H,2,7H2. The van der Waals surface area contributed by atoms with E-state index < -0.39 is 4.92 Å². The minimum Gasteiger partial charge on any atom is -0.258 e. The van der Waals surface area contributed by atoms with Crippen LogP contribution in [0.4, 0.5) is 5.69 Å². The summed E-state index contributed by atoms with van der Waals surface area (Å²) in [5.74, 6) is 6.40. The smallest absolute Gasteiger partial charge is 0.258 e. The fraction of sp³-hybridized carbons (Fsp3) is 0.200. The number of benzene rings is 1. The zero-order valence-electron chi connectivity index (χ0n) is 7.43. The molecule has 0 aromatic heterocycles. The molecule has 1 aromatic carbocycles. The highest BCUT2D eigenvalue weighted by Crippen LogP contribution is 2.11. The second kappa shape index (κ2) is 5.30. The minimum absolute atomic E-state index is 0.0719. The Bertz CT molecular complexity index is 393. The highest BCUT2D eigenvalue weighted by molar-refractivity contribution is 7.80. The normalized spacial score (nSPS) is 8.93. The van der Waals surface area contributed by atoms with Crippen molar-refractivity contribution in [1.29, 1.82) is 0 Å². The summed E-state index contributed by atoms with van der Waals surface area (Å²) in [5, 5.41) is 10.4. The molecule has 0 aliphatic rings. The number of nitro groups is 1. The minimum atomic E-state index is -0.427. The largest absolute Gasteiger partial charge is 0.270 e. The Morgan fingerprint density at radius 3 is 2.93 bits per heavy atom. The summed E-state index contributed by atoms with van der Waals surface area (Å²) in [4.78, 5) is 10.0. The lowest BCUT2D eigenvalue weighted by Gasteiger charge is -1.91. The van der Waals surface area contributed by atoms with Crippen molar-refractivity contribution in [2.24, 2.45) is 0 Å². The molecular formula is C10H9NO2S. The molecule has 3 nitrogen and oxygen atoms in total. The van der Waals surface area contributed by atoms with Crippen molar-refractivity contribution in [3.8, 4) is 11.8 Å². The van der Waals surface area contributed by atoms with E-state index in [0.29, 0.717) is 17.7 Å². The zero-order valence-corrected chi connectivity index (χ0v) is 8.33. The second-order valence-electron chi connectivity index (χ2n) is 2.58. The first kappa shape index (κ1) is 10.6. The monoisotopic (exact) mass is 207 g/mol. The van der Waals surface area contributed by atoms with E-state index in [1.54, 1.807) is 12.1 Å². The van der Waals surface area contributed by atoms with Crippen LogP contribution < -0.4 is 0 Å². The Balaban J connectivity index is 2.85.